The van der Waals surface area contributed by atoms with Gasteiger partial charge in [0.2, 0.25) is 23.2 Å². The number of benzene rings is 2. The number of piperidine rings is 1. The predicted molar refractivity (Wildman–Crippen MR) is 207 cm³/mol. The highest BCUT2D eigenvalue weighted by Gasteiger charge is 2.61. The number of aliphatic hydroxyl groups is 1. The lowest BCUT2D eigenvalue weighted by Gasteiger charge is -2.42. The Morgan fingerprint density at radius 1 is 1.07 bits per heavy atom. The summed E-state index contributed by atoms with van der Waals surface area (Å²) in [6.07, 6.45) is 3.17. The Kier molecular flexibility index (Phi) is 10.8. The van der Waals surface area contributed by atoms with Crippen molar-refractivity contribution in [3.8, 4) is 17.2 Å². The van der Waals surface area contributed by atoms with Crippen LogP contribution in [0, 0.1) is 11.8 Å². The molecule has 4 aliphatic rings. The van der Waals surface area contributed by atoms with E-state index < -0.39 is 40.7 Å². The van der Waals surface area contributed by atoms with E-state index in [9.17, 15) is 29.1 Å². The molecule has 7 rings (SSSR count). The number of ketones is 2. The van der Waals surface area contributed by atoms with Crippen LogP contribution in [0.4, 0.5) is 0 Å². The highest BCUT2D eigenvalue weighted by atomic mass is 35.5. The van der Waals surface area contributed by atoms with Crippen LogP contribution in [0.2, 0.25) is 5.02 Å². The van der Waals surface area contributed by atoms with E-state index in [-0.39, 0.29) is 82.5 Å². The van der Waals surface area contributed by atoms with Gasteiger partial charge in [-0.05, 0) is 48.8 Å². The standard InChI is InChI=1S/C41H44ClN3O9S/c1-22-15-29(46)35(39(50)41(22)40(51)36-30(52-2)18-31(53-3)37(42)38(36)54-41)27(24-10-12-26(55-4)13-11-24)17-32(47)43-14-6-9-33(48)44-19-23-16-25(21-44)28-7-5-8-34(49)45(28)20-23/h5,7-8,10-13,18,22-23,25,27,50H,6,9,14-17,19-21H2,1-4H3,(H,43,47). The summed E-state index contributed by atoms with van der Waals surface area (Å²) in [7, 11) is 2.80. The van der Waals surface area contributed by atoms with E-state index in [0.29, 0.717) is 31.6 Å². The van der Waals surface area contributed by atoms with Gasteiger partial charge in [0.15, 0.2) is 17.3 Å². The summed E-state index contributed by atoms with van der Waals surface area (Å²) < 4.78 is 19.1. The number of fused-ring (bicyclic) bond motifs is 5. The van der Waals surface area contributed by atoms with Crippen molar-refractivity contribution in [2.24, 2.45) is 11.8 Å². The van der Waals surface area contributed by atoms with Crippen LogP contribution in [-0.4, -0.2) is 83.7 Å². The Balaban J connectivity index is 1.09. The average Bonchev–Trinajstić information content (AvgIpc) is 3.50. The normalized spacial score (nSPS) is 23.2. The number of rotatable bonds is 11. The van der Waals surface area contributed by atoms with Crippen molar-refractivity contribution in [3.05, 3.63) is 92.1 Å². The van der Waals surface area contributed by atoms with E-state index in [2.05, 4.69) is 5.32 Å². The summed E-state index contributed by atoms with van der Waals surface area (Å²) in [6.45, 7) is 3.62. The van der Waals surface area contributed by atoms with Gasteiger partial charge in [0.05, 0.1) is 14.2 Å². The minimum Gasteiger partial charge on any atom is -0.507 e. The molecule has 3 aromatic rings. The van der Waals surface area contributed by atoms with E-state index >= 15 is 0 Å². The molecule has 12 nitrogen and oxygen atoms in total. The Hall–Kier alpha value is -4.75. The summed E-state index contributed by atoms with van der Waals surface area (Å²) in [6, 6.07) is 14.1. The van der Waals surface area contributed by atoms with Crippen molar-refractivity contribution in [2.45, 2.75) is 67.9 Å². The number of nitrogens with one attached hydrogen (secondary N) is 1. The van der Waals surface area contributed by atoms with Gasteiger partial charge in [0.25, 0.3) is 5.56 Å². The number of Topliss-reactive ketones (excluding diaryl/α,β-unsaturated/α-hetero) is 2. The van der Waals surface area contributed by atoms with Crippen LogP contribution in [0.15, 0.2) is 69.6 Å². The first-order valence-electron chi connectivity index (χ1n) is 18.4. The molecule has 3 aliphatic heterocycles. The zero-order valence-electron chi connectivity index (χ0n) is 31.2. The molecule has 1 aromatic heterocycles. The van der Waals surface area contributed by atoms with Crippen LogP contribution in [0.1, 0.15) is 72.5 Å². The third kappa shape index (κ3) is 6.79. The second-order valence-corrected chi connectivity index (χ2v) is 16.0. The number of thioether (sulfide) groups is 1. The number of nitrogens with zero attached hydrogens (tertiary/aromatic N) is 2. The Bertz CT molecular complexity index is 2150. The van der Waals surface area contributed by atoms with E-state index in [4.69, 9.17) is 25.8 Å². The number of aromatic nitrogens is 1. The highest BCUT2D eigenvalue weighted by Crippen LogP contribution is 2.56. The molecular weight excluding hydrogens is 746 g/mol. The molecular formula is C41H44ClN3O9S. The van der Waals surface area contributed by atoms with E-state index in [1.54, 1.807) is 31.2 Å². The monoisotopic (exact) mass is 789 g/mol. The van der Waals surface area contributed by atoms with Crippen LogP contribution in [0.25, 0.3) is 0 Å². The Morgan fingerprint density at radius 3 is 2.53 bits per heavy atom. The molecule has 14 heteroatoms. The lowest BCUT2D eigenvalue weighted by molar-refractivity contribution is -0.134. The number of carbonyl (C=O) groups excluding carboxylic acids is 4. The molecule has 2 aromatic carbocycles. The highest BCUT2D eigenvalue weighted by molar-refractivity contribution is 7.98. The number of hydrogen-bond acceptors (Lipinski definition) is 10. The van der Waals surface area contributed by atoms with Gasteiger partial charge in [-0.25, -0.2) is 0 Å². The summed E-state index contributed by atoms with van der Waals surface area (Å²) in [5.74, 6) is -3.03. The third-order valence-corrected chi connectivity index (χ3v) is 12.6. The van der Waals surface area contributed by atoms with Gasteiger partial charge in [-0.15, -0.1) is 11.8 Å². The summed E-state index contributed by atoms with van der Waals surface area (Å²) in [4.78, 5) is 70.5. The Morgan fingerprint density at radius 2 is 1.82 bits per heavy atom. The van der Waals surface area contributed by atoms with E-state index in [0.717, 1.165) is 17.0 Å². The van der Waals surface area contributed by atoms with Crippen molar-refractivity contribution in [1.82, 2.24) is 14.8 Å². The zero-order valence-corrected chi connectivity index (χ0v) is 32.8. The molecule has 5 unspecified atom stereocenters. The maximum atomic E-state index is 14.4. The van der Waals surface area contributed by atoms with Crippen molar-refractivity contribution < 1.29 is 38.5 Å². The second kappa shape index (κ2) is 15.4. The number of likely N-dealkylation sites (tertiary alicyclic amines) is 1. The third-order valence-electron chi connectivity index (χ3n) is 11.5. The van der Waals surface area contributed by atoms with Crippen LogP contribution in [-0.2, 0) is 20.9 Å². The lowest BCUT2D eigenvalue weighted by Crippen LogP contribution is -2.53. The zero-order chi connectivity index (χ0) is 39.2. The molecule has 1 fully saturated rings. The van der Waals surface area contributed by atoms with Crippen LogP contribution >= 0.6 is 23.4 Å². The van der Waals surface area contributed by atoms with E-state index in [1.165, 1.54) is 32.0 Å². The fourth-order valence-corrected chi connectivity index (χ4v) is 9.42. The van der Waals surface area contributed by atoms with Gasteiger partial charge >= 0.3 is 0 Å². The SMILES string of the molecule is COc1cc(OC)c2c(c1Cl)OC1(C2=O)C(O)=C(C(CC(=O)NCCCC(=O)N2CC3CC(C2)c2cccc(=O)n2C3)c2ccc(SC)cc2)C(=O)CC1C. The number of allylic oxidation sites excluding steroid dienone is 1. The van der Waals surface area contributed by atoms with Crippen molar-refractivity contribution in [2.75, 3.05) is 40.1 Å². The number of carbonyl (C=O) groups is 4. The Labute approximate surface area is 328 Å². The first-order valence-corrected chi connectivity index (χ1v) is 20.0. The maximum absolute atomic E-state index is 14.4. The summed E-state index contributed by atoms with van der Waals surface area (Å²) in [5, 5.41) is 15.1. The minimum atomic E-state index is -1.99. The molecule has 290 valence electrons. The predicted octanol–water partition coefficient (Wildman–Crippen LogP) is 5.69. The number of hydrogen-bond donors (Lipinski definition) is 2. The molecule has 0 saturated carbocycles. The number of pyridine rings is 1. The van der Waals surface area contributed by atoms with Crippen LogP contribution < -0.4 is 25.1 Å². The molecule has 2 N–H and O–H groups in total. The van der Waals surface area contributed by atoms with Gasteiger partial charge in [-0.3, -0.25) is 24.0 Å². The molecule has 2 bridgehead atoms. The van der Waals surface area contributed by atoms with E-state index in [1.807, 2.05) is 33.9 Å². The van der Waals surface area contributed by atoms with Crippen molar-refractivity contribution >= 4 is 46.7 Å². The molecule has 5 atom stereocenters. The van der Waals surface area contributed by atoms with Gasteiger partial charge in [-0.1, -0.05) is 36.7 Å². The first-order chi connectivity index (χ1) is 26.4. The average molecular weight is 790 g/mol. The number of amides is 2. The lowest BCUT2D eigenvalue weighted by atomic mass is 9.69. The number of ether oxygens (including phenoxy) is 3. The number of aliphatic hydroxyl groups excluding tert-OH is 1. The van der Waals surface area contributed by atoms with Crippen molar-refractivity contribution in [3.63, 3.8) is 0 Å². The van der Waals surface area contributed by atoms with Gasteiger partial charge in [0.1, 0.15) is 22.1 Å². The molecule has 0 radical (unpaired) electrons. The first kappa shape index (κ1) is 38.5. The number of halogens is 1. The summed E-state index contributed by atoms with van der Waals surface area (Å²) >= 11 is 8.16. The number of methoxy groups -OCH3 is 2. The topological polar surface area (TPSA) is 153 Å². The van der Waals surface area contributed by atoms with Gasteiger partial charge in [0, 0.05) is 91.5 Å². The van der Waals surface area contributed by atoms with Crippen molar-refractivity contribution in [1.29, 1.82) is 0 Å². The van der Waals surface area contributed by atoms with Gasteiger partial charge < -0.3 is 34.1 Å². The maximum Gasteiger partial charge on any atom is 0.250 e. The molecule has 2 amide bonds. The largest absolute Gasteiger partial charge is 0.507 e. The quantitative estimate of drug-likeness (QED) is 0.183. The summed E-state index contributed by atoms with van der Waals surface area (Å²) in [5.41, 5.74) is -0.477. The van der Waals surface area contributed by atoms with Crippen LogP contribution in [0.5, 0.6) is 17.2 Å². The molecule has 1 spiro atoms. The molecule has 4 heterocycles. The molecule has 1 saturated heterocycles. The van der Waals surface area contributed by atoms with Crippen LogP contribution in [0.3, 0.4) is 0 Å². The second-order valence-electron chi connectivity index (χ2n) is 14.7. The minimum absolute atomic E-state index is 0.00122. The van der Waals surface area contributed by atoms with Gasteiger partial charge in [-0.2, -0.15) is 0 Å². The fraction of sp³-hybridized carbons (Fsp3) is 0.439. The fourth-order valence-electron chi connectivity index (χ4n) is 8.74. The molecule has 55 heavy (non-hydrogen) atoms. The molecule has 1 aliphatic carbocycles. The smallest absolute Gasteiger partial charge is 0.250 e.